The van der Waals surface area contributed by atoms with Crippen LogP contribution in [0.2, 0.25) is 0 Å². The first-order valence-corrected chi connectivity index (χ1v) is 12.3. The second-order valence-electron chi connectivity index (χ2n) is 8.02. The van der Waals surface area contributed by atoms with Crippen LogP contribution in [0.4, 0.5) is 0 Å². The van der Waals surface area contributed by atoms with E-state index in [2.05, 4.69) is 20.2 Å². The van der Waals surface area contributed by atoms with E-state index in [1.54, 1.807) is 0 Å². The lowest BCUT2D eigenvalue weighted by Crippen LogP contribution is -2.31. The number of ether oxygens (including phenoxy) is 1. The van der Waals surface area contributed by atoms with Gasteiger partial charge in [0.1, 0.15) is 11.6 Å². The number of aromatic amines is 1. The summed E-state index contributed by atoms with van der Waals surface area (Å²) in [5, 5.41) is 8.53. The number of H-pyrrole nitrogens is 1. The topological polar surface area (TPSA) is 121 Å². The summed E-state index contributed by atoms with van der Waals surface area (Å²) in [7, 11) is 0. The quantitative estimate of drug-likeness (QED) is 0.339. The number of imidazole rings is 1. The molecule has 34 heavy (non-hydrogen) atoms. The molecule has 0 unspecified atom stereocenters. The van der Waals surface area contributed by atoms with Gasteiger partial charge in [-0.05, 0) is 44.4 Å². The van der Waals surface area contributed by atoms with E-state index < -0.39 is 11.2 Å². The van der Waals surface area contributed by atoms with Crippen LogP contribution >= 0.6 is 11.8 Å². The molecule has 0 radical (unpaired) electrons. The van der Waals surface area contributed by atoms with Gasteiger partial charge in [0.15, 0.2) is 17.8 Å². The van der Waals surface area contributed by atoms with Crippen molar-refractivity contribution in [1.29, 1.82) is 0 Å². The molecule has 180 valence electrons. The van der Waals surface area contributed by atoms with Crippen LogP contribution in [0.3, 0.4) is 0 Å². The predicted octanol–water partition coefficient (Wildman–Crippen LogP) is 3.58. The van der Waals surface area contributed by atoms with Gasteiger partial charge in [0.2, 0.25) is 0 Å². The number of nitrogens with one attached hydrogen (secondary N) is 1. The van der Waals surface area contributed by atoms with Gasteiger partial charge in [-0.2, -0.15) is 0 Å². The molecule has 0 atom stereocenters. The smallest absolute Gasteiger partial charge is 0.330 e. The Morgan fingerprint density at radius 3 is 2.74 bits per heavy atom. The summed E-state index contributed by atoms with van der Waals surface area (Å²) in [4.78, 5) is 32.0. The summed E-state index contributed by atoms with van der Waals surface area (Å²) in [5.74, 6) is 2.22. The fourth-order valence-electron chi connectivity index (χ4n) is 3.68. The second-order valence-corrected chi connectivity index (χ2v) is 8.94. The molecule has 0 saturated heterocycles. The maximum Gasteiger partial charge on any atom is 0.330 e. The molecular weight excluding hydrogens is 456 g/mol. The summed E-state index contributed by atoms with van der Waals surface area (Å²) in [5.41, 5.74) is 2.10. The van der Waals surface area contributed by atoms with Gasteiger partial charge in [-0.25, -0.2) is 9.78 Å². The standard InChI is InChI=1S/C23H28N6O4S/c1-5-7-10-29-20-19(21(30)25-22(29)31)28(6-2)17(24-20)13-34-23-27-26-18(33-23)12-32-16-11-14(3)8-9-15(16)4/h8-9,11H,5-7,10,12-13H2,1-4H3,(H,25,30,31). The molecule has 0 bridgehead atoms. The minimum absolute atomic E-state index is 0.171. The zero-order valence-electron chi connectivity index (χ0n) is 19.8. The van der Waals surface area contributed by atoms with Gasteiger partial charge in [0, 0.05) is 13.1 Å². The summed E-state index contributed by atoms with van der Waals surface area (Å²) in [6, 6.07) is 6.01. The van der Waals surface area contributed by atoms with Crippen LogP contribution in [0.25, 0.3) is 11.2 Å². The van der Waals surface area contributed by atoms with Gasteiger partial charge in [0.05, 0.1) is 5.75 Å². The van der Waals surface area contributed by atoms with Crippen LogP contribution < -0.4 is 16.0 Å². The molecule has 3 aromatic heterocycles. The molecule has 0 amide bonds. The highest BCUT2D eigenvalue weighted by Gasteiger charge is 2.19. The van der Waals surface area contributed by atoms with Crippen LogP contribution in [0.1, 0.15) is 49.5 Å². The first kappa shape index (κ1) is 23.8. The Bertz CT molecular complexity index is 1420. The van der Waals surface area contributed by atoms with Crippen LogP contribution in [0, 0.1) is 13.8 Å². The van der Waals surface area contributed by atoms with E-state index in [0.717, 1.165) is 29.7 Å². The third-order valence-corrected chi connectivity index (χ3v) is 6.30. The van der Waals surface area contributed by atoms with Crippen molar-refractivity contribution < 1.29 is 9.15 Å². The summed E-state index contributed by atoms with van der Waals surface area (Å²) in [6.07, 6.45) is 1.75. The Morgan fingerprint density at radius 2 is 1.97 bits per heavy atom. The molecule has 11 heteroatoms. The molecule has 0 fully saturated rings. The number of rotatable bonds is 10. The third kappa shape index (κ3) is 4.93. The Labute approximate surface area is 200 Å². The molecule has 1 aromatic carbocycles. The Kier molecular flexibility index (Phi) is 7.20. The molecule has 4 aromatic rings. The molecule has 3 heterocycles. The van der Waals surface area contributed by atoms with Gasteiger partial charge in [0.25, 0.3) is 16.7 Å². The number of aromatic nitrogens is 6. The van der Waals surface area contributed by atoms with Crippen molar-refractivity contribution in [1.82, 2.24) is 29.3 Å². The largest absolute Gasteiger partial charge is 0.484 e. The SMILES string of the molecule is CCCCn1c(=O)[nH]c(=O)c2c1nc(CSc1nnc(COc3cc(C)ccc3C)o1)n2CC. The second kappa shape index (κ2) is 10.3. The number of aryl methyl sites for hydroxylation is 4. The van der Waals surface area contributed by atoms with Crippen molar-refractivity contribution >= 4 is 22.9 Å². The molecule has 1 N–H and O–H groups in total. The van der Waals surface area contributed by atoms with Crippen LogP contribution in [0.15, 0.2) is 37.4 Å². The van der Waals surface area contributed by atoms with Crippen molar-refractivity contribution in [3.8, 4) is 5.75 Å². The maximum absolute atomic E-state index is 12.5. The van der Waals surface area contributed by atoms with E-state index in [9.17, 15) is 9.59 Å². The van der Waals surface area contributed by atoms with Gasteiger partial charge >= 0.3 is 5.69 Å². The summed E-state index contributed by atoms with van der Waals surface area (Å²) < 4.78 is 14.9. The van der Waals surface area contributed by atoms with E-state index in [1.165, 1.54) is 16.3 Å². The zero-order chi connectivity index (χ0) is 24.2. The fourth-order valence-corrected chi connectivity index (χ4v) is 4.40. The van der Waals surface area contributed by atoms with Crippen molar-refractivity contribution in [2.24, 2.45) is 0 Å². The van der Waals surface area contributed by atoms with E-state index in [-0.39, 0.29) is 6.61 Å². The van der Waals surface area contributed by atoms with Gasteiger partial charge in [-0.15, -0.1) is 10.2 Å². The molecule has 0 saturated carbocycles. The molecule has 0 aliphatic heterocycles. The minimum atomic E-state index is -0.434. The lowest BCUT2D eigenvalue weighted by Gasteiger charge is -2.07. The molecule has 0 spiro atoms. The molecule has 0 aliphatic rings. The normalized spacial score (nSPS) is 11.4. The van der Waals surface area contributed by atoms with E-state index in [4.69, 9.17) is 9.15 Å². The lowest BCUT2D eigenvalue weighted by atomic mass is 10.1. The summed E-state index contributed by atoms with van der Waals surface area (Å²) >= 11 is 1.32. The molecule has 0 aliphatic carbocycles. The van der Waals surface area contributed by atoms with Gasteiger partial charge < -0.3 is 13.7 Å². The average Bonchev–Trinajstić information content (AvgIpc) is 3.42. The minimum Gasteiger partial charge on any atom is -0.484 e. The van der Waals surface area contributed by atoms with Crippen LogP contribution in [0.5, 0.6) is 5.75 Å². The van der Waals surface area contributed by atoms with E-state index >= 15 is 0 Å². The Balaban J connectivity index is 1.51. The zero-order valence-corrected chi connectivity index (χ0v) is 20.6. The first-order chi connectivity index (χ1) is 16.4. The van der Waals surface area contributed by atoms with E-state index in [0.29, 0.717) is 46.9 Å². The van der Waals surface area contributed by atoms with Gasteiger partial charge in [-0.1, -0.05) is 37.2 Å². The highest BCUT2D eigenvalue weighted by atomic mass is 32.2. The number of benzene rings is 1. The number of hydrogen-bond acceptors (Lipinski definition) is 8. The number of unbranched alkanes of at least 4 members (excludes halogenated alkanes) is 1. The van der Waals surface area contributed by atoms with Crippen LogP contribution in [-0.2, 0) is 25.4 Å². The number of thioether (sulfide) groups is 1. The molecule has 10 nitrogen and oxygen atoms in total. The van der Waals surface area contributed by atoms with Gasteiger partial charge in [-0.3, -0.25) is 14.3 Å². The van der Waals surface area contributed by atoms with Crippen molar-refractivity contribution in [3.05, 3.63) is 61.9 Å². The Morgan fingerprint density at radius 1 is 1.15 bits per heavy atom. The summed E-state index contributed by atoms with van der Waals surface area (Å²) in [6.45, 7) is 9.19. The van der Waals surface area contributed by atoms with Crippen LogP contribution in [-0.4, -0.2) is 29.3 Å². The van der Waals surface area contributed by atoms with E-state index in [1.807, 2.05) is 50.5 Å². The Hall–Kier alpha value is -3.34. The predicted molar refractivity (Wildman–Crippen MR) is 129 cm³/mol. The monoisotopic (exact) mass is 484 g/mol. The first-order valence-electron chi connectivity index (χ1n) is 11.3. The number of hydrogen-bond donors (Lipinski definition) is 1. The number of fused-ring (bicyclic) bond motifs is 1. The van der Waals surface area contributed by atoms with Crippen molar-refractivity contribution in [3.63, 3.8) is 0 Å². The molecular formula is C23H28N6O4S. The maximum atomic E-state index is 12.5. The van der Waals surface area contributed by atoms with Crippen molar-refractivity contribution in [2.45, 2.75) is 71.2 Å². The average molecular weight is 485 g/mol. The lowest BCUT2D eigenvalue weighted by molar-refractivity contribution is 0.250. The fraction of sp³-hybridized carbons (Fsp3) is 0.435. The highest BCUT2D eigenvalue weighted by molar-refractivity contribution is 7.98. The highest BCUT2D eigenvalue weighted by Crippen LogP contribution is 2.24. The number of nitrogens with zero attached hydrogens (tertiary/aromatic N) is 5. The molecule has 4 rings (SSSR count). The third-order valence-electron chi connectivity index (χ3n) is 5.48. The van der Waals surface area contributed by atoms with Crippen molar-refractivity contribution in [2.75, 3.05) is 0 Å².